The first-order valence-electron chi connectivity index (χ1n) is 7.11. The van der Waals surface area contributed by atoms with Gasteiger partial charge in [-0.1, -0.05) is 5.11 Å². The molecule has 0 spiro atoms. The zero-order chi connectivity index (χ0) is 16.6. The molecule has 0 saturated carbocycles. The molecule has 3 heterocycles. The van der Waals surface area contributed by atoms with E-state index in [4.69, 9.17) is 5.53 Å². The zero-order valence-corrected chi connectivity index (χ0v) is 13.5. The maximum Gasteiger partial charge on any atom is 0.254 e. The Hall–Kier alpha value is -2.31. The molecule has 2 saturated heterocycles. The number of thioether (sulfide) groups is 1. The summed E-state index contributed by atoms with van der Waals surface area (Å²) in [5, 5.41) is 3.42. The molecule has 2 fully saturated rings. The minimum Gasteiger partial charge on any atom is -0.311 e. The van der Waals surface area contributed by atoms with Gasteiger partial charge >= 0.3 is 0 Å². The number of rotatable bonds is 4. The number of hydrogen-bond acceptors (Lipinski definition) is 5. The molecule has 1 aromatic rings. The highest BCUT2D eigenvalue weighted by Gasteiger charge is 2.58. The molecular formula is C15H15N5O2S. The van der Waals surface area contributed by atoms with Gasteiger partial charge in [-0.15, -0.1) is 11.8 Å². The van der Waals surface area contributed by atoms with Crippen molar-refractivity contribution >= 4 is 30.0 Å². The van der Waals surface area contributed by atoms with Crippen LogP contribution in [-0.4, -0.2) is 38.2 Å². The van der Waals surface area contributed by atoms with Gasteiger partial charge < -0.3 is 9.69 Å². The van der Waals surface area contributed by atoms with Gasteiger partial charge in [0.05, 0.1) is 17.8 Å². The summed E-state index contributed by atoms with van der Waals surface area (Å²) < 4.78 is -0.297. The van der Waals surface area contributed by atoms with E-state index in [-0.39, 0.29) is 22.6 Å². The molecule has 23 heavy (non-hydrogen) atoms. The Labute approximate surface area is 137 Å². The molecule has 2 aliphatic heterocycles. The third-order valence-corrected chi connectivity index (χ3v) is 5.58. The average molecular weight is 329 g/mol. The van der Waals surface area contributed by atoms with Crippen molar-refractivity contribution < 1.29 is 9.59 Å². The van der Waals surface area contributed by atoms with E-state index in [1.807, 2.05) is 13.8 Å². The summed E-state index contributed by atoms with van der Waals surface area (Å²) in [6.07, 6.45) is 4.22. The van der Waals surface area contributed by atoms with Crippen LogP contribution in [0.2, 0.25) is 0 Å². The highest BCUT2D eigenvalue weighted by atomic mass is 32.2. The summed E-state index contributed by atoms with van der Waals surface area (Å²) >= 11 is 1.61. The molecule has 1 aromatic heterocycles. The summed E-state index contributed by atoms with van der Waals surface area (Å²) in [5.74, 6) is -0.118. The maximum absolute atomic E-state index is 12.4. The lowest BCUT2D eigenvalue weighted by Crippen LogP contribution is -2.56. The van der Waals surface area contributed by atoms with Crippen molar-refractivity contribution in [3.05, 3.63) is 45.6 Å². The summed E-state index contributed by atoms with van der Waals surface area (Å²) in [6, 6.07) is 3.16. The van der Waals surface area contributed by atoms with Crippen molar-refractivity contribution in [1.82, 2.24) is 9.88 Å². The van der Waals surface area contributed by atoms with Crippen molar-refractivity contribution in [2.24, 2.45) is 5.11 Å². The fourth-order valence-corrected chi connectivity index (χ4v) is 4.36. The number of pyridine rings is 1. The standard InChI is InChI=1S/C15H15N5O2S/c1-15(2)12(8-21)20-13(22)11(14(20)23-15)6-10-5-9(3-4-17-10)7-18-19-16/h3-6,8,12,14H,7H2,1-2H3/b11-6-. The summed E-state index contributed by atoms with van der Waals surface area (Å²) in [7, 11) is 0. The topological polar surface area (TPSA) is 99.0 Å². The number of aromatic nitrogens is 1. The van der Waals surface area contributed by atoms with E-state index in [1.54, 1.807) is 41.1 Å². The SMILES string of the molecule is CC1(C)SC2/C(=C\c3cc(CN=[N+]=[N-])ccn3)C(=O)N2C1C=O. The van der Waals surface area contributed by atoms with Crippen molar-refractivity contribution in [2.45, 2.75) is 36.6 Å². The van der Waals surface area contributed by atoms with Crippen LogP contribution in [0.5, 0.6) is 0 Å². The van der Waals surface area contributed by atoms with Gasteiger partial charge in [0.15, 0.2) is 0 Å². The number of carbonyl (C=O) groups excluding carboxylic acids is 2. The van der Waals surface area contributed by atoms with E-state index in [0.29, 0.717) is 11.3 Å². The second-order valence-electron chi connectivity index (χ2n) is 5.94. The summed E-state index contributed by atoms with van der Waals surface area (Å²) in [5.41, 5.74) is 10.5. The second kappa shape index (κ2) is 5.72. The van der Waals surface area contributed by atoms with Crippen LogP contribution in [0.1, 0.15) is 25.1 Å². The van der Waals surface area contributed by atoms with Crippen LogP contribution in [0.4, 0.5) is 0 Å². The molecule has 118 valence electrons. The molecule has 2 atom stereocenters. The van der Waals surface area contributed by atoms with Crippen molar-refractivity contribution in [1.29, 1.82) is 0 Å². The molecule has 7 nitrogen and oxygen atoms in total. The lowest BCUT2D eigenvalue weighted by molar-refractivity contribution is -0.139. The fraction of sp³-hybridized carbons (Fsp3) is 0.400. The Morgan fingerprint density at radius 3 is 3.04 bits per heavy atom. The van der Waals surface area contributed by atoms with E-state index in [0.717, 1.165) is 11.8 Å². The summed E-state index contributed by atoms with van der Waals surface area (Å²) in [6.45, 7) is 4.19. The highest BCUT2D eigenvalue weighted by Crippen LogP contribution is 2.52. The predicted octanol–water partition coefficient (Wildman–Crippen LogP) is 2.54. The first-order chi connectivity index (χ1) is 11.0. The maximum atomic E-state index is 12.4. The minimum absolute atomic E-state index is 0.102. The minimum atomic E-state index is -0.397. The fourth-order valence-electron chi connectivity index (χ4n) is 2.84. The van der Waals surface area contributed by atoms with Crippen molar-refractivity contribution in [2.75, 3.05) is 0 Å². The molecule has 0 N–H and O–H groups in total. The van der Waals surface area contributed by atoms with Gasteiger partial charge in [0.2, 0.25) is 0 Å². The molecule has 0 bridgehead atoms. The Bertz CT molecular complexity index is 754. The highest BCUT2D eigenvalue weighted by molar-refractivity contribution is 8.01. The zero-order valence-electron chi connectivity index (χ0n) is 12.7. The second-order valence-corrected chi connectivity index (χ2v) is 7.68. The predicted molar refractivity (Wildman–Crippen MR) is 87.2 cm³/mol. The van der Waals surface area contributed by atoms with Gasteiger partial charge in [-0.2, -0.15) is 0 Å². The van der Waals surface area contributed by atoms with Crippen molar-refractivity contribution in [3.8, 4) is 0 Å². The summed E-state index contributed by atoms with van der Waals surface area (Å²) in [4.78, 5) is 32.2. The smallest absolute Gasteiger partial charge is 0.254 e. The number of β-lactam (4-membered cyclic amide) rings is 1. The van der Waals surface area contributed by atoms with Crippen LogP contribution in [0.25, 0.3) is 16.5 Å². The number of hydrogen-bond donors (Lipinski definition) is 0. The lowest BCUT2D eigenvalue weighted by atomic mass is 9.96. The number of amides is 1. The molecule has 1 amide bonds. The molecule has 0 radical (unpaired) electrons. The van der Waals surface area contributed by atoms with E-state index in [2.05, 4.69) is 15.0 Å². The molecule has 0 aliphatic carbocycles. The van der Waals surface area contributed by atoms with Gasteiger partial charge in [-0.05, 0) is 43.2 Å². The Morgan fingerprint density at radius 1 is 1.57 bits per heavy atom. The van der Waals surface area contributed by atoms with Crippen molar-refractivity contribution in [3.63, 3.8) is 0 Å². The van der Waals surface area contributed by atoms with Crippen LogP contribution in [-0.2, 0) is 16.1 Å². The first-order valence-corrected chi connectivity index (χ1v) is 7.99. The van der Waals surface area contributed by atoms with Gasteiger partial charge in [-0.3, -0.25) is 9.78 Å². The average Bonchev–Trinajstić information content (AvgIpc) is 2.78. The van der Waals surface area contributed by atoms with E-state index in [1.165, 1.54) is 0 Å². The van der Waals surface area contributed by atoms with Crippen LogP contribution in [0.15, 0.2) is 29.0 Å². The van der Waals surface area contributed by atoms with E-state index < -0.39 is 6.04 Å². The Balaban J connectivity index is 1.86. The van der Waals surface area contributed by atoms with E-state index in [9.17, 15) is 9.59 Å². The molecular weight excluding hydrogens is 314 g/mol. The molecule has 2 aliphatic rings. The van der Waals surface area contributed by atoms with Crippen LogP contribution in [0.3, 0.4) is 0 Å². The van der Waals surface area contributed by atoms with E-state index >= 15 is 0 Å². The molecule has 8 heteroatoms. The lowest BCUT2D eigenvalue weighted by Gasteiger charge is -2.38. The monoisotopic (exact) mass is 329 g/mol. The van der Waals surface area contributed by atoms with Crippen LogP contribution < -0.4 is 0 Å². The van der Waals surface area contributed by atoms with Gasteiger partial charge in [0.1, 0.15) is 17.7 Å². The van der Waals surface area contributed by atoms with Gasteiger partial charge in [0, 0.05) is 15.9 Å². The third kappa shape index (κ3) is 2.60. The first kappa shape index (κ1) is 15.6. The van der Waals surface area contributed by atoms with Crippen LogP contribution >= 0.6 is 11.8 Å². The largest absolute Gasteiger partial charge is 0.311 e. The van der Waals surface area contributed by atoms with Gasteiger partial charge in [0.25, 0.3) is 5.91 Å². The number of nitrogens with zero attached hydrogens (tertiary/aromatic N) is 5. The normalized spacial score (nSPS) is 26.4. The molecule has 2 unspecified atom stereocenters. The molecule has 3 rings (SSSR count). The number of aldehydes is 1. The van der Waals surface area contributed by atoms with Gasteiger partial charge in [-0.25, -0.2) is 0 Å². The quantitative estimate of drug-likeness (QED) is 0.212. The number of carbonyl (C=O) groups is 2. The molecule has 0 aromatic carbocycles. The Kier molecular flexibility index (Phi) is 3.87. The number of azide groups is 1. The number of fused-ring (bicyclic) bond motifs is 1. The Morgan fingerprint density at radius 2 is 2.35 bits per heavy atom. The van der Waals surface area contributed by atoms with Crippen LogP contribution in [0, 0.1) is 0 Å². The third-order valence-electron chi connectivity index (χ3n) is 4.02.